The molecule has 0 radical (unpaired) electrons. The molecule has 0 saturated carbocycles. The topological polar surface area (TPSA) is 13.1 Å². The van der Waals surface area contributed by atoms with Gasteiger partial charge in [0.05, 0.1) is 0 Å². The van der Waals surface area contributed by atoms with Gasteiger partial charge in [-0.05, 0) is 69.1 Å². The lowest BCUT2D eigenvalue weighted by molar-refractivity contribution is 0.673. The van der Waals surface area contributed by atoms with Crippen LogP contribution in [-0.2, 0) is 6.42 Å². The van der Waals surface area contributed by atoms with E-state index in [-0.39, 0.29) is 0 Å². The summed E-state index contributed by atoms with van der Waals surface area (Å²) in [4.78, 5) is 0. The van der Waals surface area contributed by atoms with Crippen molar-refractivity contribution < 1.29 is 4.42 Å². The van der Waals surface area contributed by atoms with Crippen LogP contribution in [0.1, 0.15) is 11.1 Å². The Labute approximate surface area is 161 Å². The Morgan fingerprint density at radius 3 is 2.14 bits per heavy atom. The van der Waals surface area contributed by atoms with Crippen molar-refractivity contribution in [2.45, 2.75) is 6.42 Å². The van der Waals surface area contributed by atoms with Crippen molar-refractivity contribution in [3.63, 3.8) is 0 Å². The maximum atomic E-state index is 6.39. The standard InChI is InChI=1S/C27H16O/c1-2-7-18-13-23-19(11-17(18)6-1)12-20-14-25-22-10-9-16-5-3-4-8-21(16)27(22)28-26(25)15-24(20)23/h1-11,13-15H,12H2. The highest BCUT2D eigenvalue weighted by Gasteiger charge is 2.22. The van der Waals surface area contributed by atoms with Gasteiger partial charge in [-0.3, -0.25) is 0 Å². The summed E-state index contributed by atoms with van der Waals surface area (Å²) in [6, 6.07) is 30.7. The van der Waals surface area contributed by atoms with E-state index in [0.29, 0.717) is 0 Å². The zero-order valence-electron chi connectivity index (χ0n) is 15.2. The van der Waals surface area contributed by atoms with Crippen molar-refractivity contribution >= 4 is 43.5 Å². The number of hydrogen-bond acceptors (Lipinski definition) is 1. The van der Waals surface area contributed by atoms with Gasteiger partial charge in [-0.1, -0.05) is 60.7 Å². The molecule has 0 N–H and O–H groups in total. The molecule has 1 aliphatic rings. The first-order valence-electron chi connectivity index (χ1n) is 9.74. The summed E-state index contributed by atoms with van der Waals surface area (Å²) in [5, 5.41) is 7.44. The number of rotatable bonds is 0. The lowest BCUT2D eigenvalue weighted by Crippen LogP contribution is -1.81. The fraction of sp³-hybridized carbons (Fsp3) is 0.0370. The Balaban J connectivity index is 1.55. The normalized spacial score (nSPS) is 12.9. The Bertz CT molecular complexity index is 1580. The molecular weight excluding hydrogens is 340 g/mol. The summed E-state index contributed by atoms with van der Waals surface area (Å²) >= 11 is 0. The van der Waals surface area contributed by atoms with Crippen molar-refractivity contribution in [1.29, 1.82) is 0 Å². The molecule has 6 aromatic rings. The van der Waals surface area contributed by atoms with E-state index < -0.39 is 0 Å². The Morgan fingerprint density at radius 1 is 0.536 bits per heavy atom. The van der Waals surface area contributed by atoms with Crippen molar-refractivity contribution in [2.75, 3.05) is 0 Å². The van der Waals surface area contributed by atoms with Crippen molar-refractivity contribution in [3.8, 4) is 11.1 Å². The van der Waals surface area contributed by atoms with Crippen LogP contribution in [0, 0.1) is 0 Å². The van der Waals surface area contributed by atoms with Crippen LogP contribution in [-0.4, -0.2) is 0 Å². The van der Waals surface area contributed by atoms with Gasteiger partial charge in [0.2, 0.25) is 0 Å². The first kappa shape index (κ1) is 14.5. The van der Waals surface area contributed by atoms with E-state index in [2.05, 4.69) is 84.9 Å². The van der Waals surface area contributed by atoms with Crippen LogP contribution in [0.2, 0.25) is 0 Å². The molecule has 1 heteroatoms. The van der Waals surface area contributed by atoms with Gasteiger partial charge in [0.15, 0.2) is 0 Å². The molecule has 1 aliphatic carbocycles. The van der Waals surface area contributed by atoms with E-state index in [9.17, 15) is 0 Å². The molecule has 1 heterocycles. The SMILES string of the molecule is c1ccc2cc3c(cc2c1)Cc1cc2c(cc1-3)oc1c3ccccc3ccc21. The molecule has 130 valence electrons. The smallest absolute Gasteiger partial charge is 0.143 e. The fourth-order valence-electron chi connectivity index (χ4n) is 4.88. The summed E-state index contributed by atoms with van der Waals surface area (Å²) in [6.07, 6.45) is 0.992. The second-order valence-corrected chi connectivity index (χ2v) is 7.80. The minimum atomic E-state index is 0.978. The van der Waals surface area contributed by atoms with E-state index in [1.54, 1.807) is 0 Å². The van der Waals surface area contributed by atoms with Crippen LogP contribution < -0.4 is 0 Å². The predicted molar refractivity (Wildman–Crippen MR) is 117 cm³/mol. The average molecular weight is 356 g/mol. The molecule has 1 aromatic heterocycles. The Kier molecular flexibility index (Phi) is 2.60. The van der Waals surface area contributed by atoms with Crippen LogP contribution in [0.5, 0.6) is 0 Å². The second kappa shape index (κ2) is 5.02. The molecule has 7 rings (SSSR count). The molecule has 0 atom stereocenters. The average Bonchev–Trinajstić information content (AvgIpc) is 3.27. The molecule has 5 aromatic carbocycles. The molecule has 0 unspecified atom stereocenters. The van der Waals surface area contributed by atoms with Gasteiger partial charge in [0, 0.05) is 16.2 Å². The minimum absolute atomic E-state index is 0.978. The largest absolute Gasteiger partial charge is 0.455 e. The highest BCUT2D eigenvalue weighted by atomic mass is 16.3. The number of furan rings is 1. The molecule has 0 aliphatic heterocycles. The molecule has 28 heavy (non-hydrogen) atoms. The summed E-state index contributed by atoms with van der Waals surface area (Å²) in [6.45, 7) is 0. The zero-order chi connectivity index (χ0) is 18.2. The van der Waals surface area contributed by atoms with E-state index in [1.807, 2.05) is 0 Å². The number of hydrogen-bond donors (Lipinski definition) is 0. The van der Waals surface area contributed by atoms with Gasteiger partial charge in [0.1, 0.15) is 11.2 Å². The van der Waals surface area contributed by atoms with Gasteiger partial charge in [-0.25, -0.2) is 0 Å². The minimum Gasteiger partial charge on any atom is -0.455 e. The molecular formula is C27H16O. The molecule has 0 fully saturated rings. The van der Waals surface area contributed by atoms with Gasteiger partial charge in [-0.15, -0.1) is 0 Å². The maximum absolute atomic E-state index is 6.39. The first-order chi connectivity index (χ1) is 13.8. The molecule has 0 amide bonds. The Hall–Kier alpha value is -3.58. The third-order valence-electron chi connectivity index (χ3n) is 6.23. The lowest BCUT2D eigenvalue weighted by atomic mass is 10.00. The van der Waals surface area contributed by atoms with Crippen molar-refractivity contribution in [3.05, 3.63) is 96.1 Å². The quantitative estimate of drug-likeness (QED) is 0.275. The van der Waals surface area contributed by atoms with E-state index in [1.165, 1.54) is 54.6 Å². The van der Waals surface area contributed by atoms with Crippen LogP contribution in [0.3, 0.4) is 0 Å². The number of benzene rings is 5. The third kappa shape index (κ3) is 1.81. The van der Waals surface area contributed by atoms with Crippen molar-refractivity contribution in [1.82, 2.24) is 0 Å². The number of fused-ring (bicyclic) bond motifs is 9. The maximum Gasteiger partial charge on any atom is 0.143 e. The highest BCUT2D eigenvalue weighted by molar-refractivity contribution is 6.15. The zero-order valence-corrected chi connectivity index (χ0v) is 15.2. The van der Waals surface area contributed by atoms with Crippen LogP contribution in [0.25, 0.3) is 54.6 Å². The fourth-order valence-corrected chi connectivity index (χ4v) is 4.88. The van der Waals surface area contributed by atoms with Gasteiger partial charge >= 0.3 is 0 Å². The first-order valence-corrected chi connectivity index (χ1v) is 9.74. The monoisotopic (exact) mass is 356 g/mol. The van der Waals surface area contributed by atoms with E-state index in [4.69, 9.17) is 4.42 Å². The van der Waals surface area contributed by atoms with Crippen molar-refractivity contribution in [2.24, 2.45) is 0 Å². The van der Waals surface area contributed by atoms with E-state index >= 15 is 0 Å². The van der Waals surface area contributed by atoms with Crippen LogP contribution >= 0.6 is 0 Å². The lowest BCUT2D eigenvalue weighted by Gasteiger charge is -2.04. The second-order valence-electron chi connectivity index (χ2n) is 7.80. The van der Waals surface area contributed by atoms with Gasteiger partial charge in [0.25, 0.3) is 0 Å². The molecule has 0 spiro atoms. The summed E-state index contributed by atoms with van der Waals surface area (Å²) in [5.74, 6) is 0. The highest BCUT2D eigenvalue weighted by Crippen LogP contribution is 2.43. The Morgan fingerprint density at radius 2 is 1.25 bits per heavy atom. The summed E-state index contributed by atoms with van der Waals surface area (Å²) < 4.78 is 6.39. The third-order valence-corrected chi connectivity index (χ3v) is 6.23. The van der Waals surface area contributed by atoms with Gasteiger partial charge in [-0.2, -0.15) is 0 Å². The molecule has 0 bridgehead atoms. The summed E-state index contributed by atoms with van der Waals surface area (Å²) in [5.41, 5.74) is 7.45. The predicted octanol–water partition coefficient (Wildman–Crippen LogP) is 7.46. The van der Waals surface area contributed by atoms with Crippen LogP contribution in [0.4, 0.5) is 0 Å². The van der Waals surface area contributed by atoms with Gasteiger partial charge < -0.3 is 4.42 Å². The summed E-state index contributed by atoms with van der Waals surface area (Å²) in [7, 11) is 0. The molecule has 0 saturated heterocycles. The molecule has 1 nitrogen and oxygen atoms in total. The van der Waals surface area contributed by atoms with E-state index in [0.717, 1.165) is 17.6 Å². The van der Waals surface area contributed by atoms with Crippen LogP contribution in [0.15, 0.2) is 89.3 Å².